The lowest BCUT2D eigenvalue weighted by molar-refractivity contribution is -0.136. The van der Waals surface area contributed by atoms with Crippen molar-refractivity contribution in [3.05, 3.63) is 0 Å². The molecule has 0 aromatic carbocycles. The first-order chi connectivity index (χ1) is 21.1. The highest BCUT2D eigenvalue weighted by molar-refractivity contribution is 6.23. The van der Waals surface area contributed by atoms with Crippen LogP contribution in [-0.2, 0) is 47.7 Å². The quantitative estimate of drug-likeness (QED) is 0.0315. The van der Waals surface area contributed by atoms with Crippen molar-refractivity contribution in [1.82, 2.24) is 21.3 Å². The Balaban J connectivity index is -0.000000249. The second-order valence-corrected chi connectivity index (χ2v) is 7.80. The molecule has 0 saturated heterocycles. The van der Waals surface area contributed by atoms with Crippen LogP contribution in [0.25, 0.3) is 0 Å². The summed E-state index contributed by atoms with van der Waals surface area (Å²) in [5.74, 6) is -1.78. The molecule has 0 spiro atoms. The average molecular weight is 645 g/mol. The van der Waals surface area contributed by atoms with Gasteiger partial charge in [-0.25, -0.2) is 0 Å². The molecule has 0 aliphatic rings. The molecule has 44 heavy (non-hydrogen) atoms. The average Bonchev–Trinajstić information content (AvgIpc) is 3.03. The van der Waals surface area contributed by atoms with Gasteiger partial charge in [-0.1, -0.05) is 0 Å². The number of ether oxygens (including phenoxy) is 4. The molecule has 8 N–H and O–H groups in total. The van der Waals surface area contributed by atoms with Crippen LogP contribution in [0, 0.1) is 0 Å². The smallest absolute Gasteiger partial charge is 0.284 e. The number of hydrogen-bond donors (Lipinski definition) is 8. The fourth-order valence-electron chi connectivity index (χ4n) is 2.35. The van der Waals surface area contributed by atoms with Gasteiger partial charge in [0.15, 0.2) is 12.2 Å². The summed E-state index contributed by atoms with van der Waals surface area (Å²) < 4.78 is 20.0. The minimum Gasteiger partial charge on any atom is -0.396 e. The highest BCUT2D eigenvalue weighted by Crippen LogP contribution is 1.94. The first-order valence-corrected chi connectivity index (χ1v) is 13.8. The van der Waals surface area contributed by atoms with Gasteiger partial charge in [0.1, 0.15) is 0 Å². The summed E-state index contributed by atoms with van der Waals surface area (Å²) in [5.41, 5.74) is 0. The summed E-state index contributed by atoms with van der Waals surface area (Å²) in [6.45, 7) is 6.12. The van der Waals surface area contributed by atoms with Gasteiger partial charge in [-0.2, -0.15) is 0 Å². The molecule has 0 radical (unpaired) electrons. The van der Waals surface area contributed by atoms with E-state index in [1.807, 2.05) is 13.8 Å². The van der Waals surface area contributed by atoms with E-state index in [9.17, 15) is 28.8 Å². The van der Waals surface area contributed by atoms with Crippen molar-refractivity contribution < 1.29 is 68.1 Å². The molecule has 0 fully saturated rings. The molecule has 0 saturated carbocycles. The largest absolute Gasteiger partial charge is 0.396 e. The standard InChI is InChI=1S/C9H19NO4.C8H17NO4.C5H9NO3.C4H7NO3/c1-3-14-8(7-13-2)9(12)10-5-4-6-11;1-3-13-7(6-12-2)8(11)9-4-5-10;7-3-1-2-6-5(9)4-8;6-2-1-5-4(8)3-7/h8,11H,3-7H2,1-2H3,(H,10,12);7,10H,3-6H2,1-2H3,(H,9,11);4,7H,1-3H2,(H,6,9);3,6H,1-2H2,(H,5,8). The third-order valence-electron chi connectivity index (χ3n) is 4.26. The van der Waals surface area contributed by atoms with Gasteiger partial charge in [0, 0.05) is 66.8 Å². The van der Waals surface area contributed by atoms with Crippen molar-refractivity contribution in [1.29, 1.82) is 0 Å². The maximum atomic E-state index is 11.4. The SMILES string of the molecule is CCOC(COC)C(=O)NCCCO.CCOC(COC)C(=O)NCCO.O=CC(=O)NCCCO.O=CC(=O)NCCO. The minimum atomic E-state index is -0.695. The number of rotatable bonds is 22. The molecular weight excluding hydrogens is 592 g/mol. The Morgan fingerprint density at radius 2 is 0.932 bits per heavy atom. The number of aldehydes is 2. The predicted molar refractivity (Wildman–Crippen MR) is 156 cm³/mol. The Morgan fingerprint density at radius 3 is 1.25 bits per heavy atom. The Bertz CT molecular complexity index is 704. The summed E-state index contributed by atoms with van der Waals surface area (Å²) in [4.78, 5) is 61.9. The fourth-order valence-corrected chi connectivity index (χ4v) is 2.35. The Morgan fingerprint density at radius 1 is 0.591 bits per heavy atom. The summed E-state index contributed by atoms with van der Waals surface area (Å²) in [5, 5.41) is 42.8. The number of carbonyl (C=O) groups excluding carboxylic acids is 6. The van der Waals surface area contributed by atoms with Crippen LogP contribution in [0.15, 0.2) is 0 Å². The molecule has 0 aliphatic heterocycles. The number of aliphatic hydroxyl groups excluding tert-OH is 4. The number of amides is 4. The number of aliphatic hydroxyl groups is 4. The second-order valence-electron chi connectivity index (χ2n) is 7.80. The third-order valence-corrected chi connectivity index (χ3v) is 4.26. The van der Waals surface area contributed by atoms with Gasteiger partial charge in [0.2, 0.25) is 12.6 Å². The predicted octanol–water partition coefficient (Wildman–Crippen LogP) is -4.34. The third kappa shape index (κ3) is 36.9. The van der Waals surface area contributed by atoms with Gasteiger partial charge < -0.3 is 60.6 Å². The van der Waals surface area contributed by atoms with Crippen molar-refractivity contribution >= 4 is 36.2 Å². The lowest BCUT2D eigenvalue weighted by Gasteiger charge is -2.15. The van der Waals surface area contributed by atoms with Gasteiger partial charge in [0.05, 0.1) is 26.4 Å². The maximum Gasteiger partial charge on any atom is 0.284 e. The first kappa shape index (κ1) is 47.8. The Labute approximate surface area is 258 Å². The highest BCUT2D eigenvalue weighted by atomic mass is 16.5. The van der Waals surface area contributed by atoms with Gasteiger partial charge >= 0.3 is 0 Å². The monoisotopic (exact) mass is 644 g/mol. The molecule has 0 bridgehead atoms. The molecule has 260 valence electrons. The molecule has 2 unspecified atom stereocenters. The van der Waals surface area contributed by atoms with Gasteiger partial charge in [-0.3, -0.25) is 28.8 Å². The Hall–Kier alpha value is -3.10. The molecular formula is C26H52N4O14. The van der Waals surface area contributed by atoms with Gasteiger partial charge in [-0.15, -0.1) is 0 Å². The van der Waals surface area contributed by atoms with E-state index >= 15 is 0 Å². The zero-order valence-electron chi connectivity index (χ0n) is 26.1. The molecule has 18 heteroatoms. The molecule has 0 heterocycles. The highest BCUT2D eigenvalue weighted by Gasteiger charge is 2.18. The van der Waals surface area contributed by atoms with Crippen molar-refractivity contribution in [3.63, 3.8) is 0 Å². The molecule has 0 aromatic rings. The molecule has 0 aliphatic carbocycles. The van der Waals surface area contributed by atoms with Crippen molar-refractivity contribution in [2.45, 2.75) is 38.9 Å². The second kappa shape index (κ2) is 39.9. The van der Waals surface area contributed by atoms with E-state index < -0.39 is 24.0 Å². The van der Waals surface area contributed by atoms with E-state index in [1.165, 1.54) is 14.2 Å². The van der Waals surface area contributed by atoms with Crippen LogP contribution in [0.2, 0.25) is 0 Å². The van der Waals surface area contributed by atoms with E-state index in [1.54, 1.807) is 0 Å². The van der Waals surface area contributed by atoms with Crippen LogP contribution in [0.1, 0.15) is 26.7 Å². The molecule has 18 nitrogen and oxygen atoms in total. The molecule has 0 rings (SSSR count). The van der Waals surface area contributed by atoms with Crippen LogP contribution < -0.4 is 21.3 Å². The van der Waals surface area contributed by atoms with Crippen molar-refractivity contribution in [2.24, 2.45) is 0 Å². The van der Waals surface area contributed by atoms with Crippen LogP contribution >= 0.6 is 0 Å². The summed E-state index contributed by atoms with van der Waals surface area (Å²) in [7, 11) is 3.03. The first-order valence-electron chi connectivity index (χ1n) is 13.8. The fraction of sp³-hybridized carbons (Fsp3) is 0.769. The minimum absolute atomic E-state index is 0.0269. The lowest BCUT2D eigenvalue weighted by atomic mass is 10.3. The lowest BCUT2D eigenvalue weighted by Crippen LogP contribution is -2.40. The van der Waals surface area contributed by atoms with Crippen molar-refractivity contribution in [3.8, 4) is 0 Å². The van der Waals surface area contributed by atoms with E-state index in [-0.39, 0.29) is 77.1 Å². The van der Waals surface area contributed by atoms with Gasteiger partial charge in [-0.05, 0) is 26.7 Å². The van der Waals surface area contributed by atoms with Crippen LogP contribution in [-0.4, -0.2) is 162 Å². The van der Waals surface area contributed by atoms with Crippen LogP contribution in [0.5, 0.6) is 0 Å². The summed E-state index contributed by atoms with van der Waals surface area (Å²) in [6, 6.07) is 0. The summed E-state index contributed by atoms with van der Waals surface area (Å²) >= 11 is 0. The maximum absolute atomic E-state index is 11.4. The van der Waals surface area contributed by atoms with E-state index in [0.717, 1.165) is 0 Å². The van der Waals surface area contributed by atoms with E-state index in [4.69, 9.17) is 39.4 Å². The summed E-state index contributed by atoms with van der Waals surface area (Å²) in [6.07, 6.45) is 0.273. The zero-order chi connectivity index (χ0) is 34.4. The Kier molecular flexibility index (Phi) is 43.4. The van der Waals surface area contributed by atoms with Crippen LogP contribution in [0.4, 0.5) is 0 Å². The molecule has 0 aromatic heterocycles. The van der Waals surface area contributed by atoms with E-state index in [0.29, 0.717) is 39.1 Å². The number of carbonyl (C=O) groups is 6. The van der Waals surface area contributed by atoms with Crippen LogP contribution in [0.3, 0.4) is 0 Å². The molecule has 2 atom stereocenters. The van der Waals surface area contributed by atoms with E-state index in [2.05, 4.69) is 21.3 Å². The number of hydrogen-bond acceptors (Lipinski definition) is 14. The number of nitrogens with one attached hydrogen (secondary N) is 4. The topological polar surface area (TPSA) is 268 Å². The van der Waals surface area contributed by atoms with Gasteiger partial charge in [0.25, 0.3) is 23.6 Å². The zero-order valence-corrected chi connectivity index (χ0v) is 26.1. The number of methoxy groups -OCH3 is 2. The van der Waals surface area contributed by atoms with Crippen molar-refractivity contribution in [2.75, 3.05) is 93.3 Å². The molecule has 4 amide bonds. The normalized spacial score (nSPS) is 10.9.